The topological polar surface area (TPSA) is 81.2 Å². The van der Waals surface area contributed by atoms with E-state index in [9.17, 15) is 8.42 Å². The van der Waals surface area contributed by atoms with Gasteiger partial charge in [0.1, 0.15) is 10.7 Å². The number of rotatable bonds is 4. The molecule has 0 N–H and O–H groups in total. The number of nitrogens with zero attached hydrogens (tertiary/aromatic N) is 3. The first-order valence-electron chi connectivity index (χ1n) is 9.06. The van der Waals surface area contributed by atoms with Crippen molar-refractivity contribution in [2.24, 2.45) is 0 Å². The molecule has 0 spiro atoms. The molecule has 10 heteroatoms. The first kappa shape index (κ1) is 20.5. The van der Waals surface area contributed by atoms with Crippen molar-refractivity contribution < 1.29 is 22.5 Å². The lowest BCUT2D eigenvalue weighted by molar-refractivity contribution is 0.00578. The molecule has 2 aliphatic rings. The third-order valence-electron chi connectivity index (χ3n) is 5.39. The quantitative estimate of drug-likeness (QED) is 0.683. The Kier molecular flexibility index (Phi) is 5.33. The molecule has 150 valence electrons. The van der Waals surface area contributed by atoms with E-state index in [4.69, 9.17) is 14.0 Å². The van der Waals surface area contributed by atoms with Gasteiger partial charge in [-0.25, -0.2) is 13.4 Å². The van der Waals surface area contributed by atoms with Crippen LogP contribution >= 0.6 is 0 Å². The molecule has 0 unspecified atom stereocenters. The molecule has 8 nitrogen and oxygen atoms in total. The van der Waals surface area contributed by atoms with E-state index in [0.29, 0.717) is 37.6 Å². The highest BCUT2D eigenvalue weighted by molar-refractivity contribution is 7.89. The molecule has 2 fully saturated rings. The Morgan fingerprint density at radius 3 is 2.19 bits per heavy atom. The van der Waals surface area contributed by atoms with Crippen molar-refractivity contribution in [1.29, 1.82) is 0 Å². The molecule has 0 aliphatic carbocycles. The zero-order valence-electron chi connectivity index (χ0n) is 16.9. The summed E-state index contributed by atoms with van der Waals surface area (Å²) >= 11 is 0. The van der Waals surface area contributed by atoms with E-state index in [2.05, 4.69) is 4.98 Å². The molecule has 0 radical (unpaired) electrons. The van der Waals surface area contributed by atoms with Crippen LogP contribution in [0.3, 0.4) is 0 Å². The van der Waals surface area contributed by atoms with E-state index < -0.39 is 28.3 Å². The van der Waals surface area contributed by atoms with E-state index in [-0.39, 0.29) is 4.90 Å². The molecule has 0 atom stereocenters. The molecule has 1 aromatic heterocycles. The number of ether oxygens (including phenoxy) is 1. The maximum Gasteiger partial charge on any atom is 0.496 e. The highest BCUT2D eigenvalue weighted by Crippen LogP contribution is 2.37. The number of hydrogen-bond donors (Lipinski definition) is 0. The van der Waals surface area contributed by atoms with Crippen LogP contribution in [0.15, 0.2) is 17.2 Å². The van der Waals surface area contributed by atoms with Crippen LogP contribution < -0.4 is 10.4 Å². The largest absolute Gasteiger partial charge is 0.496 e. The average Bonchev–Trinajstić information content (AvgIpc) is 2.82. The molecular weight excluding hydrogens is 369 g/mol. The first-order valence-corrected chi connectivity index (χ1v) is 10.5. The minimum Gasteiger partial charge on any atom is -0.399 e. The summed E-state index contributed by atoms with van der Waals surface area (Å²) in [6.45, 7) is 9.27. The van der Waals surface area contributed by atoms with Gasteiger partial charge in [-0.1, -0.05) is 0 Å². The van der Waals surface area contributed by atoms with Gasteiger partial charge in [0.05, 0.1) is 24.4 Å². The summed E-state index contributed by atoms with van der Waals surface area (Å²) in [5.74, 6) is 0.391. The predicted octanol–water partition coefficient (Wildman–Crippen LogP) is 0.468. The molecule has 3 heterocycles. The van der Waals surface area contributed by atoms with E-state index in [1.807, 2.05) is 27.7 Å². The second-order valence-electron chi connectivity index (χ2n) is 8.09. The molecule has 1 aromatic rings. The van der Waals surface area contributed by atoms with Crippen molar-refractivity contribution in [3.8, 4) is 0 Å². The minimum atomic E-state index is -3.71. The van der Waals surface area contributed by atoms with Gasteiger partial charge in [-0.3, -0.25) is 0 Å². The molecule has 2 aliphatic heterocycles. The van der Waals surface area contributed by atoms with Gasteiger partial charge < -0.3 is 18.9 Å². The van der Waals surface area contributed by atoms with E-state index in [1.165, 1.54) is 4.31 Å². The fraction of sp³-hybridized carbons (Fsp3) is 0.706. The summed E-state index contributed by atoms with van der Waals surface area (Å²) in [5, 5.41) is 0. The predicted molar refractivity (Wildman–Crippen MR) is 104 cm³/mol. The van der Waals surface area contributed by atoms with Crippen molar-refractivity contribution in [3.05, 3.63) is 12.3 Å². The maximum atomic E-state index is 13.3. The Morgan fingerprint density at radius 1 is 1.11 bits per heavy atom. The molecule has 0 aromatic carbocycles. The second kappa shape index (κ2) is 7.00. The van der Waals surface area contributed by atoms with Crippen molar-refractivity contribution in [1.82, 2.24) is 9.29 Å². The average molecular weight is 397 g/mol. The number of aromatic nitrogens is 1. The van der Waals surface area contributed by atoms with Crippen molar-refractivity contribution in [2.75, 3.05) is 45.3 Å². The maximum absolute atomic E-state index is 13.3. The monoisotopic (exact) mass is 397 g/mol. The van der Waals surface area contributed by atoms with E-state index >= 15 is 0 Å². The first-order chi connectivity index (χ1) is 12.5. The fourth-order valence-corrected chi connectivity index (χ4v) is 4.67. The SMILES string of the molecule is CN(C)c1ncc(B2OC(C)(C)C(C)(C)O2)cc1S(=O)(=O)N1CCOCC1. The summed E-state index contributed by atoms with van der Waals surface area (Å²) in [6, 6.07) is 1.62. The van der Waals surface area contributed by atoms with Crippen LogP contribution in [0.25, 0.3) is 0 Å². The molecule has 27 heavy (non-hydrogen) atoms. The Bertz CT molecular complexity index is 791. The fourth-order valence-electron chi connectivity index (χ4n) is 3.01. The molecular formula is C17H28BN3O5S. The standard InChI is InChI=1S/C17H28BN3O5S/c1-16(2)17(3,4)26-18(25-16)13-11-14(15(19-12-13)20(5)6)27(22,23)21-7-9-24-10-8-21/h11-12H,7-10H2,1-6H3. The summed E-state index contributed by atoms with van der Waals surface area (Å²) < 4.78 is 45.4. The number of hydrogen-bond acceptors (Lipinski definition) is 7. The van der Waals surface area contributed by atoms with Gasteiger partial charge >= 0.3 is 7.12 Å². The molecule has 0 bridgehead atoms. The Morgan fingerprint density at radius 2 is 1.67 bits per heavy atom. The van der Waals surface area contributed by atoms with Crippen LogP contribution in [-0.4, -0.2) is 76.4 Å². The lowest BCUT2D eigenvalue weighted by atomic mass is 9.80. The number of pyridine rings is 1. The van der Waals surface area contributed by atoms with Gasteiger partial charge in [0.25, 0.3) is 0 Å². The molecule has 0 saturated carbocycles. The van der Waals surface area contributed by atoms with Crippen molar-refractivity contribution in [3.63, 3.8) is 0 Å². The zero-order chi connectivity index (χ0) is 20.0. The summed E-state index contributed by atoms with van der Waals surface area (Å²) in [6.07, 6.45) is 1.62. The van der Waals surface area contributed by atoms with Crippen molar-refractivity contribution >= 4 is 28.4 Å². The third-order valence-corrected chi connectivity index (χ3v) is 7.29. The van der Waals surface area contributed by atoms with Crippen LogP contribution in [0.2, 0.25) is 0 Å². The van der Waals surface area contributed by atoms with E-state index in [1.54, 1.807) is 31.3 Å². The lowest BCUT2D eigenvalue weighted by Crippen LogP contribution is -2.42. The lowest BCUT2D eigenvalue weighted by Gasteiger charge is -2.32. The highest BCUT2D eigenvalue weighted by Gasteiger charge is 2.52. The van der Waals surface area contributed by atoms with Crippen LogP contribution in [0.4, 0.5) is 5.82 Å². The van der Waals surface area contributed by atoms with Gasteiger partial charge in [0.2, 0.25) is 10.0 Å². The van der Waals surface area contributed by atoms with Crippen molar-refractivity contribution in [2.45, 2.75) is 43.8 Å². The number of morpholine rings is 1. The normalized spacial score (nSPS) is 22.8. The van der Waals surface area contributed by atoms with Crippen LogP contribution in [0.1, 0.15) is 27.7 Å². The highest BCUT2D eigenvalue weighted by atomic mass is 32.2. The smallest absolute Gasteiger partial charge is 0.399 e. The van der Waals surface area contributed by atoms with Gasteiger partial charge in [0, 0.05) is 38.8 Å². The molecule has 0 amide bonds. The number of sulfonamides is 1. The molecule has 2 saturated heterocycles. The Hall–Kier alpha value is -1.20. The number of anilines is 1. The summed E-state index contributed by atoms with van der Waals surface area (Å²) in [7, 11) is -0.832. The van der Waals surface area contributed by atoms with Gasteiger partial charge in [-0.2, -0.15) is 4.31 Å². The second-order valence-corrected chi connectivity index (χ2v) is 10.00. The summed E-state index contributed by atoms with van der Waals surface area (Å²) in [5.41, 5.74) is -0.437. The van der Waals surface area contributed by atoms with Gasteiger partial charge in [0.15, 0.2) is 0 Å². The van der Waals surface area contributed by atoms with Gasteiger partial charge in [-0.15, -0.1) is 0 Å². The zero-order valence-corrected chi connectivity index (χ0v) is 17.7. The Labute approximate surface area is 162 Å². The van der Waals surface area contributed by atoms with Crippen LogP contribution in [0, 0.1) is 0 Å². The van der Waals surface area contributed by atoms with E-state index in [0.717, 1.165) is 0 Å². The third kappa shape index (κ3) is 3.73. The van der Waals surface area contributed by atoms with Gasteiger partial charge in [-0.05, 0) is 33.8 Å². The Balaban J connectivity index is 2.02. The minimum absolute atomic E-state index is 0.154. The van der Waals surface area contributed by atoms with Crippen LogP contribution in [0.5, 0.6) is 0 Å². The summed E-state index contributed by atoms with van der Waals surface area (Å²) in [4.78, 5) is 6.26. The molecule has 3 rings (SSSR count). The van der Waals surface area contributed by atoms with Crippen LogP contribution in [-0.2, 0) is 24.1 Å².